The summed E-state index contributed by atoms with van der Waals surface area (Å²) in [7, 11) is 0. The SMILES string of the molecule is CC.CCNC(=O)c1cnn(-c2ccc(-n3ccc(O)c(Cl)c3=O)cc2)c1C(F)(F)F. The zero-order chi connectivity index (χ0) is 23.3. The first kappa shape index (κ1) is 24.0. The first-order valence-electron chi connectivity index (χ1n) is 9.29. The fraction of sp³-hybridized carbons (Fsp3) is 0.250. The highest BCUT2D eigenvalue weighted by molar-refractivity contribution is 6.31. The molecule has 166 valence electrons. The Bertz CT molecular complexity index is 1120. The van der Waals surface area contributed by atoms with Crippen LogP contribution >= 0.6 is 11.6 Å². The topological polar surface area (TPSA) is 89.2 Å². The summed E-state index contributed by atoms with van der Waals surface area (Å²) in [5.74, 6) is -1.26. The summed E-state index contributed by atoms with van der Waals surface area (Å²) in [6.07, 6.45) is -2.69. The maximum atomic E-state index is 13.6. The number of hydrogen-bond acceptors (Lipinski definition) is 4. The van der Waals surface area contributed by atoms with Crippen LogP contribution in [0.1, 0.15) is 36.8 Å². The van der Waals surface area contributed by atoms with Crippen LogP contribution in [0, 0.1) is 0 Å². The van der Waals surface area contributed by atoms with Crippen molar-refractivity contribution < 1.29 is 23.1 Å². The molecule has 0 unspecified atom stereocenters. The standard InChI is InChI=1S/C18H14ClF3N4O3.C2H6/c1-2-23-16(28)12-9-24-26(15(12)18(20,21)22)11-5-3-10(4-6-11)25-8-7-13(27)14(19)17(25)29;1-2/h3-9,27H,2H2,1H3,(H,23,28);1-2H3. The van der Waals surface area contributed by atoms with Gasteiger partial charge >= 0.3 is 6.18 Å². The number of aromatic nitrogens is 3. The first-order chi connectivity index (χ1) is 14.6. The Morgan fingerprint density at radius 2 is 1.74 bits per heavy atom. The zero-order valence-corrected chi connectivity index (χ0v) is 17.6. The molecule has 0 saturated carbocycles. The van der Waals surface area contributed by atoms with Crippen LogP contribution in [-0.4, -0.2) is 31.9 Å². The van der Waals surface area contributed by atoms with E-state index >= 15 is 0 Å². The molecule has 0 aliphatic carbocycles. The summed E-state index contributed by atoms with van der Waals surface area (Å²) < 4.78 is 42.5. The molecule has 2 heterocycles. The molecule has 31 heavy (non-hydrogen) atoms. The molecule has 3 rings (SSSR count). The summed E-state index contributed by atoms with van der Waals surface area (Å²) in [5.41, 5.74) is -2.14. The Morgan fingerprint density at radius 3 is 2.29 bits per heavy atom. The lowest BCUT2D eigenvalue weighted by atomic mass is 10.2. The van der Waals surface area contributed by atoms with Crippen molar-refractivity contribution in [1.29, 1.82) is 0 Å². The van der Waals surface area contributed by atoms with Gasteiger partial charge in [-0.2, -0.15) is 18.3 Å². The summed E-state index contributed by atoms with van der Waals surface area (Å²) in [6, 6.07) is 6.61. The second kappa shape index (κ2) is 9.69. The van der Waals surface area contributed by atoms with Crippen molar-refractivity contribution in [3.63, 3.8) is 0 Å². The Kier molecular flexibility index (Phi) is 7.50. The van der Waals surface area contributed by atoms with Gasteiger partial charge in [-0.3, -0.25) is 14.2 Å². The lowest BCUT2D eigenvalue weighted by Crippen LogP contribution is -2.26. The second-order valence-electron chi connectivity index (χ2n) is 5.88. The minimum Gasteiger partial charge on any atom is -0.506 e. The van der Waals surface area contributed by atoms with E-state index in [0.29, 0.717) is 10.4 Å². The van der Waals surface area contributed by atoms with Gasteiger partial charge in [-0.05, 0) is 37.3 Å². The van der Waals surface area contributed by atoms with E-state index in [1.807, 2.05) is 13.8 Å². The predicted molar refractivity (Wildman–Crippen MR) is 110 cm³/mol. The van der Waals surface area contributed by atoms with Crippen molar-refractivity contribution in [2.75, 3.05) is 6.54 Å². The summed E-state index contributed by atoms with van der Waals surface area (Å²) in [5, 5.41) is 15.1. The Labute approximate surface area is 180 Å². The number of halogens is 4. The Morgan fingerprint density at radius 1 is 1.16 bits per heavy atom. The quantitative estimate of drug-likeness (QED) is 0.616. The van der Waals surface area contributed by atoms with Crippen LogP contribution in [0.3, 0.4) is 0 Å². The number of benzene rings is 1. The molecular formula is C20H20ClF3N4O3. The molecule has 2 N–H and O–H groups in total. The second-order valence-corrected chi connectivity index (χ2v) is 6.26. The smallest absolute Gasteiger partial charge is 0.434 e. The third-order valence-corrected chi connectivity index (χ3v) is 4.36. The number of carbonyl (C=O) groups is 1. The molecule has 0 atom stereocenters. The molecule has 0 bridgehead atoms. The number of hydrogen-bond donors (Lipinski definition) is 2. The number of nitrogens with zero attached hydrogens (tertiary/aromatic N) is 3. The molecule has 0 radical (unpaired) electrons. The van der Waals surface area contributed by atoms with Crippen LogP contribution in [0.4, 0.5) is 13.2 Å². The van der Waals surface area contributed by atoms with Crippen molar-refractivity contribution in [2.45, 2.75) is 26.9 Å². The number of alkyl halides is 3. The average molecular weight is 457 g/mol. The normalized spacial score (nSPS) is 10.9. The highest BCUT2D eigenvalue weighted by atomic mass is 35.5. The molecule has 0 aliphatic heterocycles. The van der Waals surface area contributed by atoms with Gasteiger partial charge in [0.1, 0.15) is 10.8 Å². The lowest BCUT2D eigenvalue weighted by Gasteiger charge is -2.13. The third-order valence-electron chi connectivity index (χ3n) is 4.01. The van der Waals surface area contributed by atoms with E-state index in [0.717, 1.165) is 10.8 Å². The maximum absolute atomic E-state index is 13.6. The molecule has 11 heteroatoms. The lowest BCUT2D eigenvalue weighted by molar-refractivity contribution is -0.143. The van der Waals surface area contributed by atoms with E-state index in [9.17, 15) is 27.9 Å². The van der Waals surface area contributed by atoms with Crippen LogP contribution in [-0.2, 0) is 6.18 Å². The fourth-order valence-corrected chi connectivity index (χ4v) is 2.85. The number of aromatic hydroxyl groups is 1. The van der Waals surface area contributed by atoms with E-state index < -0.39 is 28.9 Å². The molecule has 3 aromatic rings. The Balaban J connectivity index is 0.00000166. The van der Waals surface area contributed by atoms with Crippen molar-refractivity contribution in [3.05, 3.63) is 69.4 Å². The van der Waals surface area contributed by atoms with E-state index in [1.165, 1.54) is 36.5 Å². The van der Waals surface area contributed by atoms with Crippen LogP contribution in [0.5, 0.6) is 5.75 Å². The minimum atomic E-state index is -4.82. The number of carbonyl (C=O) groups excluding carboxylic acids is 1. The third kappa shape index (κ3) is 4.91. The van der Waals surface area contributed by atoms with Crippen molar-refractivity contribution >= 4 is 17.5 Å². The highest BCUT2D eigenvalue weighted by Crippen LogP contribution is 2.33. The molecular weight excluding hydrogens is 437 g/mol. The van der Waals surface area contributed by atoms with Crippen molar-refractivity contribution in [2.24, 2.45) is 0 Å². The molecule has 1 amide bonds. The van der Waals surface area contributed by atoms with E-state index in [-0.39, 0.29) is 23.0 Å². The van der Waals surface area contributed by atoms with Gasteiger partial charge in [0.05, 0.1) is 17.4 Å². The number of amides is 1. The van der Waals surface area contributed by atoms with Crippen molar-refractivity contribution in [1.82, 2.24) is 19.7 Å². The van der Waals surface area contributed by atoms with Gasteiger partial charge < -0.3 is 10.4 Å². The van der Waals surface area contributed by atoms with Gasteiger partial charge in [-0.25, -0.2) is 4.68 Å². The van der Waals surface area contributed by atoms with E-state index in [1.54, 1.807) is 6.92 Å². The number of rotatable bonds is 4. The van der Waals surface area contributed by atoms with Crippen molar-refractivity contribution in [3.8, 4) is 17.1 Å². The van der Waals surface area contributed by atoms with Crippen LogP contribution in [0.15, 0.2) is 47.5 Å². The van der Waals surface area contributed by atoms with Gasteiger partial charge in [0.25, 0.3) is 11.5 Å². The molecule has 2 aromatic heterocycles. The highest BCUT2D eigenvalue weighted by Gasteiger charge is 2.40. The van der Waals surface area contributed by atoms with Gasteiger partial charge in [-0.15, -0.1) is 0 Å². The summed E-state index contributed by atoms with van der Waals surface area (Å²) in [4.78, 5) is 24.1. The minimum absolute atomic E-state index is 0.0366. The molecule has 7 nitrogen and oxygen atoms in total. The monoisotopic (exact) mass is 456 g/mol. The zero-order valence-electron chi connectivity index (χ0n) is 16.9. The van der Waals surface area contributed by atoms with Gasteiger partial charge in [0.2, 0.25) is 0 Å². The molecule has 1 aromatic carbocycles. The summed E-state index contributed by atoms with van der Waals surface area (Å²) in [6.45, 7) is 5.76. The maximum Gasteiger partial charge on any atom is 0.434 e. The molecule has 0 fully saturated rings. The van der Waals surface area contributed by atoms with Gasteiger partial charge in [0.15, 0.2) is 5.69 Å². The first-order valence-corrected chi connectivity index (χ1v) is 9.67. The largest absolute Gasteiger partial charge is 0.506 e. The van der Waals surface area contributed by atoms with E-state index in [2.05, 4.69) is 10.4 Å². The van der Waals surface area contributed by atoms with Crippen LogP contribution < -0.4 is 10.9 Å². The molecule has 0 spiro atoms. The molecule has 0 aliphatic rings. The van der Waals surface area contributed by atoms with Gasteiger partial charge in [0, 0.05) is 18.4 Å². The average Bonchev–Trinajstić information content (AvgIpc) is 3.20. The number of pyridine rings is 1. The predicted octanol–water partition coefficient (Wildman–Crippen LogP) is 4.18. The Hall–Kier alpha value is -3.27. The molecule has 0 saturated heterocycles. The number of nitrogens with one attached hydrogen (secondary N) is 1. The van der Waals surface area contributed by atoms with Gasteiger partial charge in [-0.1, -0.05) is 25.4 Å². The fourth-order valence-electron chi connectivity index (χ4n) is 2.70. The van der Waals surface area contributed by atoms with Crippen LogP contribution in [0.25, 0.3) is 11.4 Å². The summed E-state index contributed by atoms with van der Waals surface area (Å²) >= 11 is 5.73. The van der Waals surface area contributed by atoms with E-state index in [4.69, 9.17) is 11.6 Å². The van der Waals surface area contributed by atoms with Crippen LogP contribution in [0.2, 0.25) is 5.02 Å².